The van der Waals surface area contributed by atoms with Gasteiger partial charge in [0.05, 0.1) is 18.3 Å². The van der Waals surface area contributed by atoms with Crippen LogP contribution in [-0.4, -0.2) is 6.10 Å². The first kappa shape index (κ1) is 24.4. The van der Waals surface area contributed by atoms with Crippen molar-refractivity contribution in [2.45, 2.75) is 70.5 Å². The maximum Gasteiger partial charge on any atom is 0.269 e. The Morgan fingerprint density at radius 3 is 2.09 bits per heavy atom. The van der Waals surface area contributed by atoms with Gasteiger partial charge in [0, 0.05) is 12.0 Å². The van der Waals surface area contributed by atoms with Crippen LogP contribution in [0.25, 0.3) is 5.83 Å². The van der Waals surface area contributed by atoms with Crippen molar-refractivity contribution in [3.8, 4) is 0 Å². The predicted molar refractivity (Wildman–Crippen MR) is 112 cm³/mol. The summed E-state index contributed by atoms with van der Waals surface area (Å²) in [5.74, 6) is -3.83. The molecule has 3 rings (SSSR count). The SMILES string of the molecule is CCC/C(F)=C(\F)c1ccc(C2CCC(OCc3cc(F)c(C(F)F)c(F)c3)CC2)cc1. The molecule has 2 aromatic carbocycles. The first-order chi connectivity index (χ1) is 15.3. The third-order valence-electron chi connectivity index (χ3n) is 5.86. The number of rotatable bonds is 8. The zero-order valence-corrected chi connectivity index (χ0v) is 17.8. The van der Waals surface area contributed by atoms with E-state index in [9.17, 15) is 26.3 Å². The average Bonchev–Trinajstić information content (AvgIpc) is 2.77. The maximum atomic E-state index is 14.1. The third-order valence-corrected chi connectivity index (χ3v) is 5.86. The summed E-state index contributed by atoms with van der Waals surface area (Å²) in [6.07, 6.45) is 0.393. The molecule has 2 aromatic rings. The molecule has 1 nitrogen and oxygen atoms in total. The molecule has 0 aromatic heterocycles. The topological polar surface area (TPSA) is 9.23 Å². The standard InChI is InChI=1S/C25H26F6O/c1-2-3-20(26)24(29)18-6-4-16(5-7-18)17-8-10-19(11-9-17)32-14-15-12-21(27)23(25(30)31)22(28)13-15/h4-7,12-13,17,19,25H,2-3,8-11,14H2,1H3/b24-20+. The van der Waals surface area contributed by atoms with E-state index in [0.29, 0.717) is 6.42 Å². The number of allylic oxidation sites excluding steroid dienone is 1. The molecule has 0 spiro atoms. The minimum Gasteiger partial charge on any atom is -0.374 e. The molecule has 1 saturated carbocycles. The molecule has 1 fully saturated rings. The highest BCUT2D eigenvalue weighted by Crippen LogP contribution is 2.35. The molecular formula is C25H26F6O. The van der Waals surface area contributed by atoms with Crippen LogP contribution in [0.2, 0.25) is 0 Å². The number of ether oxygens (including phenoxy) is 1. The zero-order chi connectivity index (χ0) is 23.3. The first-order valence-electron chi connectivity index (χ1n) is 10.8. The highest BCUT2D eigenvalue weighted by molar-refractivity contribution is 5.61. The Morgan fingerprint density at radius 2 is 1.56 bits per heavy atom. The number of alkyl halides is 2. The average molecular weight is 456 g/mol. The van der Waals surface area contributed by atoms with Crippen LogP contribution in [-0.2, 0) is 11.3 Å². The van der Waals surface area contributed by atoms with Gasteiger partial charge in [0.15, 0.2) is 5.83 Å². The second kappa shape index (κ2) is 11.0. The van der Waals surface area contributed by atoms with Gasteiger partial charge in [-0.1, -0.05) is 31.2 Å². The van der Waals surface area contributed by atoms with Crippen LogP contribution < -0.4 is 0 Å². The molecule has 0 bridgehead atoms. The molecule has 174 valence electrons. The summed E-state index contributed by atoms with van der Waals surface area (Å²) >= 11 is 0. The van der Waals surface area contributed by atoms with Crippen molar-refractivity contribution < 1.29 is 31.1 Å². The van der Waals surface area contributed by atoms with E-state index in [0.717, 1.165) is 43.4 Å². The molecule has 0 N–H and O–H groups in total. The summed E-state index contributed by atoms with van der Waals surface area (Å²) < 4.78 is 86.2. The van der Waals surface area contributed by atoms with Gasteiger partial charge < -0.3 is 4.74 Å². The van der Waals surface area contributed by atoms with Crippen LogP contribution in [0.1, 0.15) is 80.0 Å². The van der Waals surface area contributed by atoms with Gasteiger partial charge in [-0.15, -0.1) is 0 Å². The smallest absolute Gasteiger partial charge is 0.269 e. The lowest BCUT2D eigenvalue weighted by Gasteiger charge is -2.29. The van der Waals surface area contributed by atoms with E-state index in [1.165, 1.54) is 0 Å². The lowest BCUT2D eigenvalue weighted by Crippen LogP contribution is -2.20. The van der Waals surface area contributed by atoms with Crippen molar-refractivity contribution in [2.24, 2.45) is 0 Å². The largest absolute Gasteiger partial charge is 0.374 e. The molecule has 7 heteroatoms. The second-order valence-electron chi connectivity index (χ2n) is 8.15. The van der Waals surface area contributed by atoms with E-state index in [1.807, 2.05) is 12.1 Å². The number of benzene rings is 2. The Labute approximate surface area is 184 Å². The van der Waals surface area contributed by atoms with Gasteiger partial charge >= 0.3 is 0 Å². The summed E-state index contributed by atoms with van der Waals surface area (Å²) in [4.78, 5) is 0. The van der Waals surface area contributed by atoms with Crippen molar-refractivity contribution in [1.29, 1.82) is 0 Å². The van der Waals surface area contributed by atoms with E-state index >= 15 is 0 Å². The monoisotopic (exact) mass is 456 g/mol. The number of halogens is 6. The van der Waals surface area contributed by atoms with Crippen molar-refractivity contribution in [2.75, 3.05) is 0 Å². The quantitative estimate of drug-likeness (QED) is 0.362. The third kappa shape index (κ3) is 5.94. The summed E-state index contributed by atoms with van der Waals surface area (Å²) in [5, 5.41) is 0. The zero-order valence-electron chi connectivity index (χ0n) is 17.8. The molecule has 0 saturated heterocycles. The molecule has 1 aliphatic rings. The summed E-state index contributed by atoms with van der Waals surface area (Å²) in [7, 11) is 0. The van der Waals surface area contributed by atoms with Crippen LogP contribution in [0.15, 0.2) is 42.2 Å². The molecule has 0 heterocycles. The lowest BCUT2D eigenvalue weighted by molar-refractivity contribution is 0.0130. The van der Waals surface area contributed by atoms with E-state index in [2.05, 4.69) is 0 Å². The van der Waals surface area contributed by atoms with Gasteiger partial charge in [0.25, 0.3) is 6.43 Å². The fraction of sp³-hybridized carbons (Fsp3) is 0.440. The molecule has 1 aliphatic carbocycles. The van der Waals surface area contributed by atoms with E-state index < -0.39 is 35.3 Å². The van der Waals surface area contributed by atoms with Gasteiger partial charge in [-0.2, -0.15) is 0 Å². The molecule has 0 aliphatic heterocycles. The fourth-order valence-electron chi connectivity index (χ4n) is 4.09. The van der Waals surface area contributed by atoms with Crippen LogP contribution in [0.4, 0.5) is 26.3 Å². The predicted octanol–water partition coefficient (Wildman–Crippen LogP) is 8.55. The lowest BCUT2D eigenvalue weighted by atomic mass is 9.82. The first-order valence-corrected chi connectivity index (χ1v) is 10.8. The number of hydrogen-bond acceptors (Lipinski definition) is 1. The van der Waals surface area contributed by atoms with Crippen LogP contribution in [0, 0.1) is 11.6 Å². The molecule has 0 unspecified atom stereocenters. The summed E-state index contributed by atoms with van der Waals surface area (Å²) in [6.45, 7) is 1.73. The molecule has 0 atom stereocenters. The van der Waals surface area contributed by atoms with E-state index in [1.54, 1.807) is 19.1 Å². The Bertz CT molecular complexity index is 907. The Hall–Kier alpha value is -2.28. The Balaban J connectivity index is 1.53. The van der Waals surface area contributed by atoms with Gasteiger partial charge in [-0.3, -0.25) is 0 Å². The minimum atomic E-state index is -3.21. The normalized spacial score (nSPS) is 19.9. The van der Waals surface area contributed by atoms with Crippen molar-refractivity contribution in [3.05, 3.63) is 76.1 Å². The van der Waals surface area contributed by atoms with E-state index in [-0.39, 0.29) is 36.2 Å². The molecule has 0 amide bonds. The van der Waals surface area contributed by atoms with Crippen molar-refractivity contribution >= 4 is 5.83 Å². The van der Waals surface area contributed by atoms with Crippen LogP contribution >= 0.6 is 0 Å². The van der Waals surface area contributed by atoms with Gasteiger partial charge in [0.1, 0.15) is 17.5 Å². The molecule has 0 radical (unpaired) electrons. The van der Waals surface area contributed by atoms with E-state index in [4.69, 9.17) is 4.74 Å². The van der Waals surface area contributed by atoms with Gasteiger partial charge in [-0.05, 0) is 61.3 Å². The highest BCUT2D eigenvalue weighted by atomic mass is 19.3. The minimum absolute atomic E-state index is 0.0592. The number of hydrogen-bond donors (Lipinski definition) is 0. The maximum absolute atomic E-state index is 14.1. The Morgan fingerprint density at radius 1 is 0.969 bits per heavy atom. The van der Waals surface area contributed by atoms with Crippen LogP contribution in [0.3, 0.4) is 0 Å². The second-order valence-corrected chi connectivity index (χ2v) is 8.15. The van der Waals surface area contributed by atoms with Crippen LogP contribution in [0.5, 0.6) is 0 Å². The summed E-state index contributed by atoms with van der Waals surface area (Å²) in [5.41, 5.74) is 0.230. The van der Waals surface area contributed by atoms with Crippen molar-refractivity contribution in [1.82, 2.24) is 0 Å². The van der Waals surface area contributed by atoms with Crippen molar-refractivity contribution in [3.63, 3.8) is 0 Å². The fourth-order valence-corrected chi connectivity index (χ4v) is 4.09. The van der Waals surface area contributed by atoms with Gasteiger partial charge in [-0.25, -0.2) is 26.3 Å². The molecule has 32 heavy (non-hydrogen) atoms. The summed E-state index contributed by atoms with van der Waals surface area (Å²) in [6, 6.07) is 8.58. The van der Waals surface area contributed by atoms with Gasteiger partial charge in [0.2, 0.25) is 0 Å². The highest BCUT2D eigenvalue weighted by Gasteiger charge is 2.24. The Kier molecular flexibility index (Phi) is 8.40. The molecular weight excluding hydrogens is 430 g/mol.